The van der Waals surface area contributed by atoms with Gasteiger partial charge in [-0.15, -0.1) is 11.3 Å². The number of anilines is 3. The summed E-state index contributed by atoms with van der Waals surface area (Å²) in [4.78, 5) is 35.0. The molecular formula is C23H24N8O3S. The summed E-state index contributed by atoms with van der Waals surface area (Å²) in [5.41, 5.74) is 10.1. The molecule has 0 radical (unpaired) electrons. The molecule has 0 bridgehead atoms. The van der Waals surface area contributed by atoms with Crippen LogP contribution in [0.1, 0.15) is 15.2 Å². The Labute approximate surface area is 205 Å². The van der Waals surface area contributed by atoms with Gasteiger partial charge in [0, 0.05) is 48.7 Å². The van der Waals surface area contributed by atoms with Crippen LogP contribution in [0.4, 0.5) is 17.5 Å². The van der Waals surface area contributed by atoms with E-state index in [9.17, 15) is 4.79 Å². The van der Waals surface area contributed by atoms with Crippen LogP contribution in [0.3, 0.4) is 0 Å². The van der Waals surface area contributed by atoms with Gasteiger partial charge in [-0.1, -0.05) is 0 Å². The molecule has 5 rings (SSSR count). The van der Waals surface area contributed by atoms with Crippen molar-refractivity contribution < 1.29 is 14.7 Å². The summed E-state index contributed by atoms with van der Waals surface area (Å²) in [5, 5.41) is 8.76. The highest BCUT2D eigenvalue weighted by Crippen LogP contribution is 2.35. The van der Waals surface area contributed by atoms with Gasteiger partial charge in [0.1, 0.15) is 0 Å². The first kappa shape index (κ1) is 22.9. The zero-order valence-electron chi connectivity index (χ0n) is 19.0. The second kappa shape index (κ2) is 9.78. The van der Waals surface area contributed by atoms with Crippen molar-refractivity contribution in [3.8, 4) is 11.4 Å². The van der Waals surface area contributed by atoms with Gasteiger partial charge in [-0.3, -0.25) is 10.0 Å². The number of hydrogen-bond acceptors (Lipinski definition) is 11. The summed E-state index contributed by atoms with van der Waals surface area (Å²) in [7, 11) is 1.87. The van der Waals surface area contributed by atoms with Crippen LogP contribution in [-0.2, 0) is 11.3 Å². The Hall–Kier alpha value is -3.87. The zero-order chi connectivity index (χ0) is 24.4. The number of hydroxylamine groups is 1. The van der Waals surface area contributed by atoms with Crippen molar-refractivity contribution in [1.29, 1.82) is 0 Å². The van der Waals surface area contributed by atoms with Gasteiger partial charge in [0.05, 0.1) is 35.5 Å². The first-order valence-electron chi connectivity index (χ1n) is 11.0. The van der Waals surface area contributed by atoms with Crippen molar-refractivity contribution in [1.82, 2.24) is 25.4 Å². The largest absolute Gasteiger partial charge is 0.399 e. The molecule has 4 aromatic rings. The summed E-state index contributed by atoms with van der Waals surface area (Å²) in [6.07, 6.45) is 2.74. The summed E-state index contributed by atoms with van der Waals surface area (Å²) >= 11 is 1.64. The van der Waals surface area contributed by atoms with Crippen molar-refractivity contribution in [2.45, 2.75) is 6.54 Å². The number of amides is 1. The van der Waals surface area contributed by atoms with Crippen LogP contribution in [0.25, 0.3) is 21.6 Å². The first-order chi connectivity index (χ1) is 17.0. The summed E-state index contributed by atoms with van der Waals surface area (Å²) in [5.74, 6) is 1.35. The highest BCUT2D eigenvalue weighted by Gasteiger charge is 2.21. The number of nitrogens with two attached hydrogens (primary N) is 1. The van der Waals surface area contributed by atoms with Gasteiger partial charge >= 0.3 is 0 Å². The van der Waals surface area contributed by atoms with E-state index in [1.807, 2.05) is 36.2 Å². The Balaban J connectivity index is 1.47. The number of morpholine rings is 1. The van der Waals surface area contributed by atoms with E-state index >= 15 is 0 Å². The van der Waals surface area contributed by atoms with Crippen LogP contribution in [0.15, 0.2) is 42.7 Å². The molecule has 0 saturated carbocycles. The number of ether oxygens (including phenoxy) is 1. The summed E-state index contributed by atoms with van der Waals surface area (Å²) in [6, 6.07) is 9.62. The lowest BCUT2D eigenvalue weighted by molar-refractivity contribution is 0.0705. The molecule has 0 aliphatic carbocycles. The predicted molar refractivity (Wildman–Crippen MR) is 134 cm³/mol. The van der Waals surface area contributed by atoms with Crippen LogP contribution in [0.5, 0.6) is 0 Å². The Bertz CT molecular complexity index is 1340. The van der Waals surface area contributed by atoms with Gasteiger partial charge in [0.25, 0.3) is 5.91 Å². The van der Waals surface area contributed by atoms with Gasteiger partial charge in [0.2, 0.25) is 5.95 Å². The number of carbonyl (C=O) groups is 1. The number of nitrogen functional groups attached to an aromatic ring is 1. The molecule has 1 fully saturated rings. The average Bonchev–Trinajstić information content (AvgIpc) is 3.31. The Morgan fingerprint density at radius 3 is 2.60 bits per heavy atom. The number of aromatic nitrogens is 4. The minimum Gasteiger partial charge on any atom is -0.399 e. The van der Waals surface area contributed by atoms with Gasteiger partial charge in [-0.25, -0.2) is 25.4 Å². The van der Waals surface area contributed by atoms with Gasteiger partial charge < -0.3 is 20.3 Å². The molecule has 4 N–H and O–H groups in total. The average molecular weight is 493 g/mol. The monoisotopic (exact) mass is 492 g/mol. The molecule has 11 nitrogen and oxygen atoms in total. The fourth-order valence-corrected chi connectivity index (χ4v) is 4.96. The van der Waals surface area contributed by atoms with Crippen molar-refractivity contribution in [2.24, 2.45) is 0 Å². The van der Waals surface area contributed by atoms with E-state index in [1.165, 1.54) is 12.4 Å². The zero-order valence-corrected chi connectivity index (χ0v) is 19.8. The van der Waals surface area contributed by atoms with E-state index in [4.69, 9.17) is 25.6 Å². The number of nitrogens with zero attached hydrogens (tertiary/aromatic N) is 6. The Morgan fingerprint density at radius 1 is 1.20 bits per heavy atom. The second-order valence-electron chi connectivity index (χ2n) is 8.09. The van der Waals surface area contributed by atoms with E-state index < -0.39 is 5.91 Å². The maximum atomic E-state index is 11.5. The first-order valence-corrected chi connectivity index (χ1v) is 11.8. The minimum atomic E-state index is -0.658. The van der Waals surface area contributed by atoms with Gasteiger partial charge in [-0.2, -0.15) is 0 Å². The molecule has 3 aromatic heterocycles. The molecule has 35 heavy (non-hydrogen) atoms. The third-order valence-electron chi connectivity index (χ3n) is 5.62. The fourth-order valence-electron chi connectivity index (χ4n) is 3.80. The second-order valence-corrected chi connectivity index (χ2v) is 9.22. The lowest BCUT2D eigenvalue weighted by Gasteiger charge is -2.28. The van der Waals surface area contributed by atoms with Crippen LogP contribution < -0.4 is 21.0 Å². The topological polar surface area (TPSA) is 143 Å². The third kappa shape index (κ3) is 4.85. The van der Waals surface area contributed by atoms with Gasteiger partial charge in [-0.05, 0) is 30.3 Å². The molecule has 12 heteroatoms. The van der Waals surface area contributed by atoms with E-state index in [0.717, 1.165) is 39.6 Å². The lowest BCUT2D eigenvalue weighted by atomic mass is 10.2. The van der Waals surface area contributed by atoms with E-state index in [1.54, 1.807) is 16.8 Å². The molecule has 1 aromatic carbocycles. The molecule has 1 saturated heterocycles. The number of thiophene rings is 1. The highest BCUT2D eigenvalue weighted by atomic mass is 32.1. The normalized spacial score (nSPS) is 13.7. The predicted octanol–water partition coefficient (Wildman–Crippen LogP) is 2.32. The molecule has 1 aliphatic heterocycles. The number of rotatable bonds is 6. The van der Waals surface area contributed by atoms with Crippen LogP contribution in [-0.4, -0.2) is 64.4 Å². The van der Waals surface area contributed by atoms with E-state index in [0.29, 0.717) is 37.2 Å². The molecule has 1 amide bonds. The molecule has 0 atom stereocenters. The smallest absolute Gasteiger partial charge is 0.277 e. The number of carbonyl (C=O) groups excluding carboxylic acids is 1. The molecule has 180 valence electrons. The lowest BCUT2D eigenvalue weighted by Crippen LogP contribution is -2.36. The molecule has 1 aliphatic rings. The van der Waals surface area contributed by atoms with Crippen LogP contribution >= 0.6 is 11.3 Å². The van der Waals surface area contributed by atoms with Crippen molar-refractivity contribution in [3.05, 3.63) is 53.2 Å². The summed E-state index contributed by atoms with van der Waals surface area (Å²) in [6.45, 7) is 3.40. The van der Waals surface area contributed by atoms with Crippen LogP contribution in [0.2, 0.25) is 0 Å². The SMILES string of the molecule is CN(Cc1cc2nc(-c3ccc(N)cc3)nc(N3CCOCC3)c2s1)c1ncc(C(=O)NO)cn1. The molecular weight excluding hydrogens is 468 g/mol. The molecule has 0 unspecified atom stereocenters. The molecule has 4 heterocycles. The third-order valence-corrected chi connectivity index (χ3v) is 6.73. The highest BCUT2D eigenvalue weighted by molar-refractivity contribution is 7.19. The quantitative estimate of drug-likeness (QED) is 0.208. The van der Waals surface area contributed by atoms with E-state index in [-0.39, 0.29) is 5.56 Å². The van der Waals surface area contributed by atoms with Crippen molar-refractivity contribution in [2.75, 3.05) is 48.9 Å². The standard InChI is InChI=1S/C23H24N8O3S/c1-30(23-25-11-15(12-26-23)22(32)29-33)13-17-10-18-19(35-17)21(31-6-8-34-9-7-31)28-20(27-18)14-2-4-16(24)5-3-14/h2-5,10-12,33H,6-9,13,24H2,1H3,(H,29,32). The van der Waals surface area contributed by atoms with Crippen molar-refractivity contribution in [3.63, 3.8) is 0 Å². The number of nitrogens with one attached hydrogen (secondary N) is 1. The maximum Gasteiger partial charge on any atom is 0.277 e. The maximum absolute atomic E-state index is 11.5. The number of hydrogen-bond donors (Lipinski definition) is 3. The Kier molecular flexibility index (Phi) is 6.40. The summed E-state index contributed by atoms with van der Waals surface area (Å²) < 4.78 is 6.56. The fraction of sp³-hybridized carbons (Fsp3) is 0.261. The van der Waals surface area contributed by atoms with Gasteiger partial charge in [0.15, 0.2) is 11.6 Å². The molecule has 0 spiro atoms. The van der Waals surface area contributed by atoms with Crippen LogP contribution in [0, 0.1) is 0 Å². The number of benzene rings is 1. The number of fused-ring (bicyclic) bond motifs is 1. The minimum absolute atomic E-state index is 0.173. The van der Waals surface area contributed by atoms with Crippen molar-refractivity contribution >= 4 is 44.9 Å². The van der Waals surface area contributed by atoms with E-state index in [2.05, 4.69) is 20.9 Å². The Morgan fingerprint density at radius 2 is 1.91 bits per heavy atom.